The average molecular weight is 264 g/mol. The summed E-state index contributed by atoms with van der Waals surface area (Å²) in [5, 5.41) is 15.1. The smallest absolute Gasteiger partial charge is 0.314 e. The summed E-state index contributed by atoms with van der Waals surface area (Å²) in [6.07, 6.45) is 2.85. The SMILES string of the molecule is O=C(NCCc1ccccc1O)NCC1CCCO1. The number of urea groups is 1. The molecule has 0 bridgehead atoms. The highest BCUT2D eigenvalue weighted by Crippen LogP contribution is 2.15. The molecule has 5 heteroatoms. The maximum Gasteiger partial charge on any atom is 0.314 e. The van der Waals surface area contributed by atoms with E-state index in [-0.39, 0.29) is 17.9 Å². The summed E-state index contributed by atoms with van der Waals surface area (Å²) in [5.41, 5.74) is 0.835. The van der Waals surface area contributed by atoms with Crippen LogP contribution in [0, 0.1) is 0 Å². The van der Waals surface area contributed by atoms with Crippen LogP contribution < -0.4 is 10.6 Å². The van der Waals surface area contributed by atoms with Crippen molar-refractivity contribution in [2.45, 2.75) is 25.4 Å². The molecule has 1 aromatic carbocycles. The maximum absolute atomic E-state index is 11.5. The van der Waals surface area contributed by atoms with Crippen LogP contribution >= 0.6 is 0 Å². The van der Waals surface area contributed by atoms with Gasteiger partial charge in [-0.05, 0) is 30.9 Å². The molecule has 1 atom stereocenters. The van der Waals surface area contributed by atoms with Gasteiger partial charge in [-0.25, -0.2) is 4.79 Å². The Balaban J connectivity index is 1.62. The number of hydrogen-bond acceptors (Lipinski definition) is 3. The van der Waals surface area contributed by atoms with Crippen molar-refractivity contribution >= 4 is 6.03 Å². The van der Waals surface area contributed by atoms with Crippen molar-refractivity contribution in [2.24, 2.45) is 0 Å². The fourth-order valence-electron chi connectivity index (χ4n) is 2.11. The van der Waals surface area contributed by atoms with Crippen LogP contribution in [-0.2, 0) is 11.2 Å². The van der Waals surface area contributed by atoms with E-state index in [9.17, 15) is 9.90 Å². The second-order valence-corrected chi connectivity index (χ2v) is 4.65. The number of hydrogen-bond donors (Lipinski definition) is 3. The Morgan fingerprint density at radius 2 is 2.21 bits per heavy atom. The van der Waals surface area contributed by atoms with Crippen molar-refractivity contribution in [3.05, 3.63) is 29.8 Å². The molecule has 104 valence electrons. The molecule has 1 aliphatic rings. The van der Waals surface area contributed by atoms with E-state index in [0.29, 0.717) is 19.5 Å². The second-order valence-electron chi connectivity index (χ2n) is 4.65. The Bertz CT molecular complexity index is 417. The van der Waals surface area contributed by atoms with Crippen molar-refractivity contribution in [2.75, 3.05) is 19.7 Å². The molecule has 0 aromatic heterocycles. The minimum absolute atomic E-state index is 0.156. The van der Waals surface area contributed by atoms with Crippen molar-refractivity contribution in [1.29, 1.82) is 0 Å². The molecular formula is C14H20N2O3. The van der Waals surface area contributed by atoms with Gasteiger partial charge in [0.1, 0.15) is 5.75 Å². The molecule has 1 aliphatic heterocycles. The third kappa shape index (κ3) is 4.44. The van der Waals surface area contributed by atoms with E-state index in [1.165, 1.54) is 0 Å². The summed E-state index contributed by atoms with van der Waals surface area (Å²) < 4.78 is 5.42. The first-order valence-electron chi connectivity index (χ1n) is 6.66. The zero-order chi connectivity index (χ0) is 13.5. The van der Waals surface area contributed by atoms with E-state index in [2.05, 4.69) is 10.6 Å². The third-order valence-electron chi connectivity index (χ3n) is 3.19. The van der Waals surface area contributed by atoms with Gasteiger partial charge in [0, 0.05) is 19.7 Å². The summed E-state index contributed by atoms with van der Waals surface area (Å²) in [7, 11) is 0. The molecule has 5 nitrogen and oxygen atoms in total. The highest BCUT2D eigenvalue weighted by atomic mass is 16.5. The van der Waals surface area contributed by atoms with Crippen LogP contribution in [0.3, 0.4) is 0 Å². The number of aromatic hydroxyl groups is 1. The summed E-state index contributed by atoms with van der Waals surface area (Å²) >= 11 is 0. The lowest BCUT2D eigenvalue weighted by Crippen LogP contribution is -2.40. The minimum Gasteiger partial charge on any atom is -0.508 e. The van der Waals surface area contributed by atoms with Gasteiger partial charge < -0.3 is 20.5 Å². The molecule has 1 heterocycles. The van der Waals surface area contributed by atoms with Crippen LogP contribution in [0.4, 0.5) is 4.79 Å². The van der Waals surface area contributed by atoms with Crippen molar-refractivity contribution in [3.8, 4) is 5.75 Å². The third-order valence-corrected chi connectivity index (χ3v) is 3.19. The van der Waals surface area contributed by atoms with Gasteiger partial charge in [-0.2, -0.15) is 0 Å². The molecule has 0 spiro atoms. The molecule has 19 heavy (non-hydrogen) atoms. The van der Waals surface area contributed by atoms with Gasteiger partial charge in [-0.15, -0.1) is 0 Å². The molecule has 0 radical (unpaired) electrons. The number of carbonyl (C=O) groups excluding carboxylic acids is 1. The number of amides is 2. The molecule has 3 N–H and O–H groups in total. The monoisotopic (exact) mass is 264 g/mol. The van der Waals surface area contributed by atoms with E-state index in [0.717, 1.165) is 25.0 Å². The Kier molecular flexibility index (Phi) is 5.03. The lowest BCUT2D eigenvalue weighted by atomic mass is 10.1. The summed E-state index contributed by atoms with van der Waals surface area (Å²) in [5.74, 6) is 0.268. The summed E-state index contributed by atoms with van der Waals surface area (Å²) in [6, 6.07) is 6.95. The highest BCUT2D eigenvalue weighted by molar-refractivity contribution is 5.73. The number of phenols is 1. The first-order chi connectivity index (χ1) is 9.25. The van der Waals surface area contributed by atoms with Gasteiger partial charge in [0.05, 0.1) is 6.10 Å². The van der Waals surface area contributed by atoms with Crippen molar-refractivity contribution in [1.82, 2.24) is 10.6 Å². The predicted molar refractivity (Wildman–Crippen MR) is 72.2 cm³/mol. The van der Waals surface area contributed by atoms with Crippen LogP contribution in [0.5, 0.6) is 5.75 Å². The largest absolute Gasteiger partial charge is 0.508 e. The number of para-hydroxylation sites is 1. The summed E-state index contributed by atoms with van der Waals surface area (Å²) in [6.45, 7) is 1.85. The Hall–Kier alpha value is -1.75. The first kappa shape index (κ1) is 13.7. The van der Waals surface area contributed by atoms with Gasteiger partial charge in [-0.1, -0.05) is 18.2 Å². The molecule has 1 aromatic rings. The molecular weight excluding hydrogens is 244 g/mol. The topological polar surface area (TPSA) is 70.6 Å². The van der Waals surface area contributed by atoms with Gasteiger partial charge in [0.2, 0.25) is 0 Å². The van der Waals surface area contributed by atoms with Crippen LogP contribution in [-0.4, -0.2) is 36.9 Å². The van der Waals surface area contributed by atoms with Gasteiger partial charge >= 0.3 is 6.03 Å². The molecule has 0 aliphatic carbocycles. The van der Waals surface area contributed by atoms with E-state index in [1.807, 2.05) is 12.1 Å². The molecule has 1 unspecified atom stereocenters. The zero-order valence-electron chi connectivity index (χ0n) is 10.9. The standard InChI is InChI=1S/C14H20N2O3/c17-13-6-2-1-4-11(13)7-8-15-14(18)16-10-12-5-3-9-19-12/h1-2,4,6,12,17H,3,5,7-10H2,(H2,15,16,18). The first-order valence-corrected chi connectivity index (χ1v) is 6.66. The normalized spacial score (nSPS) is 18.2. The van der Waals surface area contributed by atoms with Gasteiger partial charge in [0.25, 0.3) is 0 Å². The maximum atomic E-state index is 11.5. The number of rotatable bonds is 5. The molecule has 2 amide bonds. The van der Waals surface area contributed by atoms with E-state index in [4.69, 9.17) is 4.74 Å². The van der Waals surface area contributed by atoms with Gasteiger partial charge in [0.15, 0.2) is 0 Å². The number of phenolic OH excluding ortho intramolecular Hbond substituents is 1. The fourth-order valence-corrected chi connectivity index (χ4v) is 2.11. The Morgan fingerprint density at radius 3 is 2.95 bits per heavy atom. The van der Waals surface area contributed by atoms with Crippen LogP contribution in [0.2, 0.25) is 0 Å². The molecule has 1 fully saturated rings. The highest BCUT2D eigenvalue weighted by Gasteiger charge is 2.15. The number of ether oxygens (including phenoxy) is 1. The average Bonchev–Trinajstić information content (AvgIpc) is 2.92. The summed E-state index contributed by atoms with van der Waals surface area (Å²) in [4.78, 5) is 11.5. The second kappa shape index (κ2) is 6.99. The number of nitrogens with one attached hydrogen (secondary N) is 2. The van der Waals surface area contributed by atoms with Gasteiger partial charge in [-0.3, -0.25) is 0 Å². The van der Waals surface area contributed by atoms with E-state index >= 15 is 0 Å². The lowest BCUT2D eigenvalue weighted by Gasteiger charge is -2.12. The minimum atomic E-state index is -0.189. The molecule has 0 saturated carbocycles. The van der Waals surface area contributed by atoms with E-state index in [1.54, 1.807) is 12.1 Å². The zero-order valence-corrected chi connectivity index (χ0v) is 10.9. The quantitative estimate of drug-likeness (QED) is 0.753. The number of carbonyl (C=O) groups is 1. The van der Waals surface area contributed by atoms with Crippen molar-refractivity contribution < 1.29 is 14.6 Å². The fraction of sp³-hybridized carbons (Fsp3) is 0.500. The van der Waals surface area contributed by atoms with Crippen LogP contribution in [0.25, 0.3) is 0 Å². The Morgan fingerprint density at radius 1 is 1.37 bits per heavy atom. The predicted octanol–water partition coefficient (Wildman–Crippen LogP) is 1.41. The molecule has 1 saturated heterocycles. The number of benzene rings is 1. The van der Waals surface area contributed by atoms with Crippen LogP contribution in [0.1, 0.15) is 18.4 Å². The van der Waals surface area contributed by atoms with Crippen LogP contribution in [0.15, 0.2) is 24.3 Å². The molecule has 2 rings (SSSR count). The lowest BCUT2D eigenvalue weighted by molar-refractivity contribution is 0.111. The Labute approximate surface area is 113 Å². The van der Waals surface area contributed by atoms with Crippen molar-refractivity contribution in [3.63, 3.8) is 0 Å². The van der Waals surface area contributed by atoms with E-state index < -0.39 is 0 Å².